The van der Waals surface area contributed by atoms with Gasteiger partial charge in [-0.05, 0) is 26.3 Å². The van der Waals surface area contributed by atoms with Gasteiger partial charge in [0.25, 0.3) is 0 Å². The molecule has 0 bridgehead atoms. The highest BCUT2D eigenvalue weighted by Gasteiger charge is 2.29. The second kappa shape index (κ2) is 5.24. The lowest BCUT2D eigenvalue weighted by atomic mass is 10.1. The number of hydrogen-bond donors (Lipinski definition) is 0. The summed E-state index contributed by atoms with van der Waals surface area (Å²) in [4.78, 5) is 6.99. The van der Waals surface area contributed by atoms with E-state index in [1.54, 1.807) is 7.11 Å². The van der Waals surface area contributed by atoms with Gasteiger partial charge in [0.2, 0.25) is 5.88 Å². The molecule has 4 nitrogen and oxygen atoms in total. The summed E-state index contributed by atoms with van der Waals surface area (Å²) in [5.41, 5.74) is 2.63. The third kappa shape index (κ3) is 3.00. The lowest BCUT2D eigenvalue weighted by molar-refractivity contribution is 0.134. The topological polar surface area (TPSA) is 34.6 Å². The first-order valence-corrected chi connectivity index (χ1v) is 6.36. The zero-order valence-electron chi connectivity index (χ0n) is 11.7. The summed E-state index contributed by atoms with van der Waals surface area (Å²) in [6, 6.07) is 4.07. The molecule has 0 saturated carbocycles. The van der Waals surface area contributed by atoms with Crippen molar-refractivity contribution < 1.29 is 9.47 Å². The van der Waals surface area contributed by atoms with Crippen LogP contribution in [0.15, 0.2) is 12.1 Å². The quantitative estimate of drug-likeness (QED) is 0.767. The van der Waals surface area contributed by atoms with E-state index in [1.807, 2.05) is 6.07 Å². The van der Waals surface area contributed by atoms with Gasteiger partial charge in [-0.2, -0.15) is 0 Å². The van der Waals surface area contributed by atoms with Crippen molar-refractivity contribution in [2.45, 2.75) is 39.4 Å². The summed E-state index contributed by atoms with van der Waals surface area (Å²) in [6.45, 7) is 9.71. The molecule has 1 aromatic heterocycles. The van der Waals surface area contributed by atoms with Crippen LogP contribution in [0.1, 0.15) is 32.0 Å². The molecule has 2 heterocycles. The molecule has 0 fully saturated rings. The minimum absolute atomic E-state index is 0.178. The van der Waals surface area contributed by atoms with Crippen molar-refractivity contribution in [3.63, 3.8) is 0 Å². The molecule has 2 rings (SSSR count). The number of aromatic nitrogens is 1. The van der Waals surface area contributed by atoms with Crippen molar-refractivity contribution in [3.8, 4) is 5.88 Å². The highest BCUT2D eigenvalue weighted by atomic mass is 16.5. The van der Waals surface area contributed by atoms with Gasteiger partial charge in [0.15, 0.2) is 0 Å². The molecular weight excluding hydrogens is 228 g/mol. The molecule has 0 unspecified atom stereocenters. The molecule has 18 heavy (non-hydrogen) atoms. The van der Waals surface area contributed by atoms with Crippen LogP contribution >= 0.6 is 0 Å². The fourth-order valence-electron chi connectivity index (χ4n) is 2.02. The van der Waals surface area contributed by atoms with Crippen molar-refractivity contribution >= 4 is 0 Å². The van der Waals surface area contributed by atoms with Crippen LogP contribution in [0, 0.1) is 0 Å². The monoisotopic (exact) mass is 250 g/mol. The lowest BCUT2D eigenvalue weighted by Crippen LogP contribution is -2.36. The number of ether oxygens (including phenoxy) is 2. The third-order valence-corrected chi connectivity index (χ3v) is 3.23. The Labute approximate surface area is 109 Å². The smallest absolute Gasteiger partial charge is 0.213 e. The van der Waals surface area contributed by atoms with Crippen LogP contribution in [-0.4, -0.2) is 35.7 Å². The molecule has 1 aromatic rings. The van der Waals surface area contributed by atoms with E-state index in [4.69, 9.17) is 9.47 Å². The van der Waals surface area contributed by atoms with E-state index >= 15 is 0 Å². The van der Waals surface area contributed by atoms with Crippen LogP contribution in [0.3, 0.4) is 0 Å². The Bertz CT molecular complexity index is 413. The molecule has 0 radical (unpaired) electrons. The molecule has 0 N–H and O–H groups in total. The highest BCUT2D eigenvalue weighted by Crippen LogP contribution is 2.29. The van der Waals surface area contributed by atoms with Gasteiger partial charge in [0.1, 0.15) is 6.61 Å². The summed E-state index contributed by atoms with van der Waals surface area (Å²) < 4.78 is 10.5. The van der Waals surface area contributed by atoms with Crippen LogP contribution in [0.25, 0.3) is 0 Å². The zero-order valence-corrected chi connectivity index (χ0v) is 11.7. The Morgan fingerprint density at radius 1 is 1.22 bits per heavy atom. The maximum absolute atomic E-state index is 5.54. The van der Waals surface area contributed by atoms with Crippen molar-refractivity contribution in [2.75, 3.05) is 20.3 Å². The van der Waals surface area contributed by atoms with E-state index in [-0.39, 0.29) is 5.54 Å². The van der Waals surface area contributed by atoms with Gasteiger partial charge in [-0.25, -0.2) is 4.98 Å². The molecule has 4 heteroatoms. The second-order valence-corrected chi connectivity index (χ2v) is 5.62. The van der Waals surface area contributed by atoms with Crippen molar-refractivity contribution in [3.05, 3.63) is 23.4 Å². The van der Waals surface area contributed by atoms with Crippen LogP contribution in [0.2, 0.25) is 0 Å². The third-order valence-electron chi connectivity index (χ3n) is 3.23. The van der Waals surface area contributed by atoms with Gasteiger partial charge < -0.3 is 9.47 Å². The van der Waals surface area contributed by atoms with Crippen molar-refractivity contribution in [1.29, 1.82) is 0 Å². The Morgan fingerprint density at radius 2 is 2.00 bits per heavy atom. The average molecular weight is 250 g/mol. The fourth-order valence-corrected chi connectivity index (χ4v) is 2.02. The van der Waals surface area contributed by atoms with Crippen LogP contribution in [-0.2, 0) is 17.8 Å². The SMILES string of the molecule is COCCOc1ccc2c(n1)CN(C(C)(C)C)C2. The lowest BCUT2D eigenvalue weighted by Gasteiger charge is -2.30. The molecular formula is C14H22N2O2. The highest BCUT2D eigenvalue weighted by molar-refractivity contribution is 5.29. The largest absolute Gasteiger partial charge is 0.475 e. The summed E-state index contributed by atoms with van der Waals surface area (Å²) >= 11 is 0. The molecule has 1 aliphatic heterocycles. The Morgan fingerprint density at radius 3 is 2.67 bits per heavy atom. The van der Waals surface area contributed by atoms with Crippen LogP contribution in [0.5, 0.6) is 5.88 Å². The Balaban J connectivity index is 2.03. The van der Waals surface area contributed by atoms with E-state index in [0.29, 0.717) is 19.1 Å². The minimum Gasteiger partial charge on any atom is -0.475 e. The number of rotatable bonds is 4. The van der Waals surface area contributed by atoms with Gasteiger partial charge in [0.05, 0.1) is 12.3 Å². The minimum atomic E-state index is 0.178. The number of hydrogen-bond acceptors (Lipinski definition) is 4. The van der Waals surface area contributed by atoms with Gasteiger partial charge in [-0.1, -0.05) is 6.07 Å². The first-order chi connectivity index (χ1) is 8.50. The Kier molecular flexibility index (Phi) is 3.88. The number of methoxy groups -OCH3 is 1. The van der Waals surface area contributed by atoms with Gasteiger partial charge in [-0.15, -0.1) is 0 Å². The maximum atomic E-state index is 5.54. The van der Waals surface area contributed by atoms with Gasteiger partial charge >= 0.3 is 0 Å². The maximum Gasteiger partial charge on any atom is 0.213 e. The van der Waals surface area contributed by atoms with E-state index in [1.165, 1.54) is 5.56 Å². The normalized spacial score (nSPS) is 15.8. The van der Waals surface area contributed by atoms with Crippen LogP contribution < -0.4 is 4.74 Å². The molecule has 0 aromatic carbocycles. The van der Waals surface area contributed by atoms with E-state index in [0.717, 1.165) is 18.8 Å². The first-order valence-electron chi connectivity index (χ1n) is 6.36. The average Bonchev–Trinajstić information content (AvgIpc) is 2.72. The van der Waals surface area contributed by atoms with Crippen molar-refractivity contribution in [1.82, 2.24) is 9.88 Å². The van der Waals surface area contributed by atoms with Crippen molar-refractivity contribution in [2.24, 2.45) is 0 Å². The number of nitrogens with zero attached hydrogens (tertiary/aromatic N) is 2. The Hall–Kier alpha value is -1.13. The molecule has 0 aliphatic carbocycles. The molecule has 1 aliphatic rings. The van der Waals surface area contributed by atoms with E-state index in [9.17, 15) is 0 Å². The summed E-state index contributed by atoms with van der Waals surface area (Å²) in [5, 5.41) is 0. The molecule has 0 spiro atoms. The second-order valence-electron chi connectivity index (χ2n) is 5.62. The molecule has 0 atom stereocenters. The molecule has 0 amide bonds. The standard InChI is InChI=1S/C14H22N2O2/c1-14(2,3)16-9-11-5-6-13(15-12(11)10-16)18-8-7-17-4/h5-6H,7-10H2,1-4H3. The molecule has 100 valence electrons. The zero-order chi connectivity index (χ0) is 13.2. The van der Waals surface area contributed by atoms with Gasteiger partial charge in [-0.3, -0.25) is 4.90 Å². The van der Waals surface area contributed by atoms with Gasteiger partial charge in [0, 0.05) is 31.8 Å². The summed E-state index contributed by atoms with van der Waals surface area (Å²) in [5.74, 6) is 0.696. The summed E-state index contributed by atoms with van der Waals surface area (Å²) in [6.07, 6.45) is 0. The fraction of sp³-hybridized carbons (Fsp3) is 0.643. The van der Waals surface area contributed by atoms with Crippen LogP contribution in [0.4, 0.5) is 0 Å². The summed E-state index contributed by atoms with van der Waals surface area (Å²) in [7, 11) is 1.67. The first kappa shape index (κ1) is 13.3. The molecule has 0 saturated heterocycles. The van der Waals surface area contributed by atoms with E-state index < -0.39 is 0 Å². The van der Waals surface area contributed by atoms with E-state index in [2.05, 4.69) is 36.7 Å². The predicted molar refractivity (Wildman–Crippen MR) is 70.6 cm³/mol. The number of pyridine rings is 1. The number of fused-ring (bicyclic) bond motifs is 1. The predicted octanol–water partition coefficient (Wildman–Crippen LogP) is 2.22.